The van der Waals surface area contributed by atoms with Crippen molar-refractivity contribution in [2.75, 3.05) is 0 Å². The molecule has 6 rings (SSSR count). The van der Waals surface area contributed by atoms with Crippen LogP contribution in [0.25, 0.3) is 54.2 Å². The Labute approximate surface area is 156 Å². The zero-order valence-corrected chi connectivity index (χ0v) is 14.6. The predicted octanol–water partition coefficient (Wildman–Crippen LogP) is 7.11. The molecule has 0 fully saturated rings. The van der Waals surface area contributed by atoms with Crippen molar-refractivity contribution in [3.63, 3.8) is 0 Å². The fourth-order valence-corrected chi connectivity index (χ4v) is 4.50. The van der Waals surface area contributed by atoms with E-state index in [1.807, 2.05) is 18.2 Å². The molecule has 0 spiro atoms. The number of fused-ring (bicyclic) bond motifs is 1. The maximum absolute atomic E-state index is 10.8. The van der Waals surface area contributed by atoms with Crippen molar-refractivity contribution in [3.05, 3.63) is 91.0 Å². The van der Waals surface area contributed by atoms with Crippen molar-refractivity contribution >= 4 is 43.1 Å². The Kier molecular flexibility index (Phi) is 2.81. The third-order valence-corrected chi connectivity index (χ3v) is 5.71. The molecule has 0 heterocycles. The van der Waals surface area contributed by atoms with Crippen LogP contribution >= 0.6 is 0 Å². The van der Waals surface area contributed by atoms with E-state index in [1.54, 1.807) is 6.07 Å². The second-order valence-electron chi connectivity index (χ2n) is 7.15. The standard InChI is InChI=1S/C26H16O/c27-23-15-12-16-4-1-2-7-20(16)26(23)22-14-11-19-9-8-17-5-3-6-18-10-13-21(22)25(19)24(17)18/h1-15,27H. The third-order valence-electron chi connectivity index (χ3n) is 5.71. The Balaban J connectivity index is 1.84. The molecule has 1 N–H and O–H groups in total. The van der Waals surface area contributed by atoms with Crippen molar-refractivity contribution in [3.8, 4) is 16.9 Å². The predicted molar refractivity (Wildman–Crippen MR) is 115 cm³/mol. The summed E-state index contributed by atoms with van der Waals surface area (Å²) < 4.78 is 0. The molecule has 6 aromatic rings. The largest absolute Gasteiger partial charge is 0.507 e. The lowest BCUT2D eigenvalue weighted by Crippen LogP contribution is -1.88. The van der Waals surface area contributed by atoms with E-state index in [1.165, 1.54) is 32.3 Å². The Bertz CT molecular complexity index is 1460. The van der Waals surface area contributed by atoms with E-state index in [2.05, 4.69) is 66.7 Å². The molecular weight excluding hydrogens is 328 g/mol. The van der Waals surface area contributed by atoms with Crippen LogP contribution in [0, 0.1) is 0 Å². The number of benzene rings is 6. The molecule has 0 saturated carbocycles. The highest BCUT2D eigenvalue weighted by atomic mass is 16.3. The van der Waals surface area contributed by atoms with Crippen LogP contribution in [0.15, 0.2) is 91.0 Å². The molecule has 0 radical (unpaired) electrons. The van der Waals surface area contributed by atoms with Crippen molar-refractivity contribution in [1.29, 1.82) is 0 Å². The van der Waals surface area contributed by atoms with Gasteiger partial charge in [-0.3, -0.25) is 0 Å². The average molecular weight is 344 g/mol. The summed E-state index contributed by atoms with van der Waals surface area (Å²) in [6.45, 7) is 0. The average Bonchev–Trinajstić information content (AvgIpc) is 2.72. The van der Waals surface area contributed by atoms with Gasteiger partial charge in [-0.05, 0) is 54.7 Å². The summed E-state index contributed by atoms with van der Waals surface area (Å²) >= 11 is 0. The lowest BCUT2D eigenvalue weighted by atomic mass is 9.88. The molecule has 0 saturated heterocycles. The summed E-state index contributed by atoms with van der Waals surface area (Å²) in [5.41, 5.74) is 1.99. The number of rotatable bonds is 1. The van der Waals surface area contributed by atoms with E-state index in [-0.39, 0.29) is 0 Å². The zero-order valence-electron chi connectivity index (χ0n) is 14.6. The fourth-order valence-electron chi connectivity index (χ4n) is 4.50. The van der Waals surface area contributed by atoms with Gasteiger partial charge in [-0.15, -0.1) is 0 Å². The second-order valence-corrected chi connectivity index (χ2v) is 7.15. The van der Waals surface area contributed by atoms with Gasteiger partial charge in [0.1, 0.15) is 5.75 Å². The van der Waals surface area contributed by atoms with Crippen LogP contribution in [0.3, 0.4) is 0 Å². The smallest absolute Gasteiger partial charge is 0.124 e. The highest BCUT2D eigenvalue weighted by Gasteiger charge is 2.15. The fraction of sp³-hybridized carbons (Fsp3) is 0. The number of hydrogen-bond donors (Lipinski definition) is 1. The Morgan fingerprint density at radius 3 is 1.93 bits per heavy atom. The van der Waals surface area contributed by atoms with Gasteiger partial charge in [0.25, 0.3) is 0 Å². The van der Waals surface area contributed by atoms with Gasteiger partial charge in [0, 0.05) is 5.56 Å². The maximum atomic E-state index is 10.8. The van der Waals surface area contributed by atoms with Crippen LogP contribution in [0.1, 0.15) is 0 Å². The minimum Gasteiger partial charge on any atom is -0.507 e. The first kappa shape index (κ1) is 14.6. The van der Waals surface area contributed by atoms with Crippen molar-refractivity contribution in [1.82, 2.24) is 0 Å². The first-order valence-corrected chi connectivity index (χ1v) is 9.19. The molecule has 0 aliphatic rings. The van der Waals surface area contributed by atoms with Gasteiger partial charge in [-0.1, -0.05) is 84.9 Å². The summed E-state index contributed by atoms with van der Waals surface area (Å²) in [5, 5.41) is 20.5. The molecule has 1 heteroatoms. The topological polar surface area (TPSA) is 20.2 Å². The van der Waals surface area contributed by atoms with Crippen molar-refractivity contribution < 1.29 is 5.11 Å². The van der Waals surface area contributed by atoms with Crippen LogP contribution in [-0.4, -0.2) is 5.11 Å². The molecular formula is C26H16O. The molecule has 6 aromatic carbocycles. The molecule has 0 aromatic heterocycles. The van der Waals surface area contributed by atoms with Crippen LogP contribution in [-0.2, 0) is 0 Å². The Hall–Kier alpha value is -3.58. The van der Waals surface area contributed by atoms with Gasteiger partial charge in [0.2, 0.25) is 0 Å². The van der Waals surface area contributed by atoms with Gasteiger partial charge in [-0.2, -0.15) is 0 Å². The Morgan fingerprint density at radius 2 is 1.07 bits per heavy atom. The van der Waals surface area contributed by atoms with Gasteiger partial charge in [0.05, 0.1) is 0 Å². The number of aromatic hydroxyl groups is 1. The molecule has 0 bridgehead atoms. The van der Waals surface area contributed by atoms with E-state index >= 15 is 0 Å². The van der Waals surface area contributed by atoms with Crippen LogP contribution in [0.4, 0.5) is 0 Å². The lowest BCUT2D eigenvalue weighted by molar-refractivity contribution is 0.478. The Morgan fingerprint density at radius 1 is 0.444 bits per heavy atom. The molecule has 27 heavy (non-hydrogen) atoms. The molecule has 126 valence electrons. The molecule has 0 aliphatic heterocycles. The maximum Gasteiger partial charge on any atom is 0.124 e. The highest BCUT2D eigenvalue weighted by molar-refractivity contribution is 6.26. The summed E-state index contributed by atoms with van der Waals surface area (Å²) in [6, 6.07) is 31.6. The molecule has 0 aliphatic carbocycles. The zero-order chi connectivity index (χ0) is 18.0. The van der Waals surface area contributed by atoms with E-state index in [9.17, 15) is 5.11 Å². The van der Waals surface area contributed by atoms with E-state index < -0.39 is 0 Å². The first-order valence-electron chi connectivity index (χ1n) is 9.19. The minimum absolute atomic E-state index is 0.323. The normalized spacial score (nSPS) is 11.9. The minimum atomic E-state index is 0.323. The van der Waals surface area contributed by atoms with E-state index in [0.717, 1.165) is 21.9 Å². The van der Waals surface area contributed by atoms with Gasteiger partial charge < -0.3 is 5.11 Å². The van der Waals surface area contributed by atoms with Crippen LogP contribution in [0.2, 0.25) is 0 Å². The summed E-state index contributed by atoms with van der Waals surface area (Å²) in [5.74, 6) is 0.323. The van der Waals surface area contributed by atoms with Crippen LogP contribution < -0.4 is 0 Å². The second kappa shape index (κ2) is 5.21. The third kappa shape index (κ3) is 1.94. The summed E-state index contributed by atoms with van der Waals surface area (Å²) in [7, 11) is 0. The molecule has 0 amide bonds. The van der Waals surface area contributed by atoms with E-state index in [4.69, 9.17) is 0 Å². The summed E-state index contributed by atoms with van der Waals surface area (Å²) in [6.07, 6.45) is 0. The first-order chi connectivity index (χ1) is 13.3. The van der Waals surface area contributed by atoms with Crippen LogP contribution in [0.5, 0.6) is 5.75 Å². The number of hydrogen-bond acceptors (Lipinski definition) is 1. The van der Waals surface area contributed by atoms with Crippen molar-refractivity contribution in [2.24, 2.45) is 0 Å². The quantitative estimate of drug-likeness (QED) is 0.315. The van der Waals surface area contributed by atoms with Gasteiger partial charge in [0.15, 0.2) is 0 Å². The van der Waals surface area contributed by atoms with Crippen molar-refractivity contribution in [2.45, 2.75) is 0 Å². The van der Waals surface area contributed by atoms with Gasteiger partial charge >= 0.3 is 0 Å². The monoisotopic (exact) mass is 344 g/mol. The molecule has 1 nitrogen and oxygen atoms in total. The number of phenolic OH excluding ortho intramolecular Hbond substituents is 1. The molecule has 0 atom stereocenters. The van der Waals surface area contributed by atoms with E-state index in [0.29, 0.717) is 5.75 Å². The molecule has 0 unspecified atom stereocenters. The SMILES string of the molecule is Oc1ccc2ccccc2c1-c1ccc2ccc3cccc4ccc1c2c34. The number of phenols is 1. The lowest BCUT2D eigenvalue weighted by Gasteiger charge is -2.16. The summed E-state index contributed by atoms with van der Waals surface area (Å²) in [4.78, 5) is 0. The highest BCUT2D eigenvalue weighted by Crippen LogP contribution is 2.43. The van der Waals surface area contributed by atoms with Gasteiger partial charge in [-0.25, -0.2) is 0 Å².